The second-order valence-electron chi connectivity index (χ2n) is 5.28. The van der Waals surface area contributed by atoms with Crippen molar-refractivity contribution in [2.45, 2.75) is 12.7 Å². The smallest absolute Gasteiger partial charge is 0.425 e. The van der Waals surface area contributed by atoms with E-state index in [2.05, 4.69) is 0 Å². The van der Waals surface area contributed by atoms with E-state index in [1.54, 1.807) is 48.5 Å². The monoisotopic (exact) mass is 376 g/mol. The number of esters is 2. The van der Waals surface area contributed by atoms with Gasteiger partial charge in [0.1, 0.15) is 0 Å². The predicted octanol–water partition coefficient (Wildman–Crippen LogP) is 3.74. The Morgan fingerprint density at radius 2 is 1.72 bits per heavy atom. The van der Waals surface area contributed by atoms with Crippen LogP contribution in [0.2, 0.25) is 0 Å². The molecule has 128 valence electrons. The van der Waals surface area contributed by atoms with E-state index in [0.717, 1.165) is 0 Å². The normalized spacial score (nSPS) is 17.4. The Hall–Kier alpha value is -2.62. The molecule has 3 aromatic rings. The molecule has 0 fully saturated rings. The third kappa shape index (κ3) is 3.73. The molecule has 1 aliphatic heterocycles. The number of hydrogen-bond donors (Lipinski definition) is 0. The van der Waals surface area contributed by atoms with Crippen LogP contribution in [-0.2, 0) is 37.1 Å². The summed E-state index contributed by atoms with van der Waals surface area (Å²) in [6.07, 6.45) is 0. The first kappa shape index (κ1) is 18.7. The van der Waals surface area contributed by atoms with E-state index in [-0.39, 0.29) is 17.1 Å². The number of hydrogen-bond acceptors (Lipinski definition) is 4. The molecule has 1 unspecified atom stereocenters. The number of benzene rings is 1. The summed E-state index contributed by atoms with van der Waals surface area (Å²) in [4.78, 5) is 23.3. The van der Waals surface area contributed by atoms with Crippen LogP contribution in [0.15, 0.2) is 78.9 Å². The molecule has 0 aromatic heterocycles. The largest absolute Gasteiger partial charge is 2.00 e. The molecule has 0 spiro atoms. The molecule has 5 heteroatoms. The summed E-state index contributed by atoms with van der Waals surface area (Å²) >= 11 is 0. The predicted molar refractivity (Wildman–Crippen MR) is 88.5 cm³/mol. The summed E-state index contributed by atoms with van der Waals surface area (Å²) in [7, 11) is 0. The first-order chi connectivity index (χ1) is 11.6. The van der Waals surface area contributed by atoms with E-state index in [1.807, 2.05) is 30.3 Å². The van der Waals surface area contributed by atoms with E-state index < -0.39 is 17.7 Å². The van der Waals surface area contributed by atoms with Gasteiger partial charge in [0.2, 0.25) is 0 Å². The van der Waals surface area contributed by atoms with Crippen LogP contribution in [0.25, 0.3) is 0 Å². The number of rotatable bonds is 2. The minimum atomic E-state index is -1.46. The van der Waals surface area contributed by atoms with E-state index in [0.29, 0.717) is 16.7 Å². The Labute approximate surface area is 156 Å². The Morgan fingerprint density at radius 1 is 1.08 bits per heavy atom. The fourth-order valence-electron chi connectivity index (χ4n) is 2.65. The second kappa shape index (κ2) is 7.97. The minimum absolute atomic E-state index is 0. The fourth-order valence-corrected chi connectivity index (χ4v) is 2.65. The molecule has 0 N–H and O–H groups in total. The Bertz CT molecular complexity index is 800. The molecule has 4 nitrogen and oxygen atoms in total. The van der Waals surface area contributed by atoms with Crippen molar-refractivity contribution < 1.29 is 36.1 Å². The van der Waals surface area contributed by atoms with Crippen molar-refractivity contribution in [2.75, 3.05) is 0 Å². The quantitative estimate of drug-likeness (QED) is 0.389. The standard InChI is InChI=1S/C15H11O4.C5H5.Fe/c1-10(16)18-15(11-6-2-3-7-11)13-9-5-4-8-12(13)14(17)19-15;1-2-4-5-3-1;/h2-9H,1H3;1-5H;/q2*-1;+2. The zero-order valence-corrected chi connectivity index (χ0v) is 14.6. The SMILES string of the molecule is CC(=O)OC1([c-]2cccc2)OC(=O)c2ccccc21.[Fe+2].c1cc[cH-]c1. The Morgan fingerprint density at radius 3 is 2.28 bits per heavy atom. The van der Waals surface area contributed by atoms with Crippen LogP contribution in [0.1, 0.15) is 28.4 Å². The summed E-state index contributed by atoms with van der Waals surface area (Å²) in [6, 6.07) is 24.0. The molecule has 0 aliphatic carbocycles. The van der Waals surface area contributed by atoms with Gasteiger partial charge in [0.25, 0.3) is 5.79 Å². The van der Waals surface area contributed by atoms with Gasteiger partial charge in [-0.25, -0.2) is 29.1 Å². The molecule has 0 radical (unpaired) electrons. The molecule has 4 rings (SSSR count). The van der Waals surface area contributed by atoms with Crippen LogP contribution in [0, 0.1) is 0 Å². The maximum absolute atomic E-state index is 11.9. The third-order valence-electron chi connectivity index (χ3n) is 3.62. The number of carbonyl (C=O) groups is 2. The average molecular weight is 376 g/mol. The Balaban J connectivity index is 0.000000325. The van der Waals surface area contributed by atoms with Gasteiger partial charge in [0.05, 0.1) is 5.56 Å². The first-order valence-corrected chi connectivity index (χ1v) is 7.55. The fraction of sp³-hybridized carbons (Fsp3) is 0.100. The molecule has 3 aromatic carbocycles. The van der Waals surface area contributed by atoms with Crippen molar-refractivity contribution >= 4 is 11.9 Å². The summed E-state index contributed by atoms with van der Waals surface area (Å²) in [5.41, 5.74) is 1.60. The van der Waals surface area contributed by atoms with Gasteiger partial charge < -0.3 is 9.47 Å². The number of carbonyl (C=O) groups excluding carboxylic acids is 2. The molecule has 1 heterocycles. The average Bonchev–Trinajstić information content (AvgIpc) is 3.31. The molecular weight excluding hydrogens is 360 g/mol. The maximum Gasteiger partial charge on any atom is 2.00 e. The van der Waals surface area contributed by atoms with Crippen molar-refractivity contribution in [3.05, 3.63) is 95.6 Å². The summed E-state index contributed by atoms with van der Waals surface area (Å²) in [6.45, 7) is 1.29. The van der Waals surface area contributed by atoms with Crippen LogP contribution in [0.3, 0.4) is 0 Å². The molecule has 0 saturated carbocycles. The van der Waals surface area contributed by atoms with E-state index >= 15 is 0 Å². The van der Waals surface area contributed by atoms with Gasteiger partial charge >= 0.3 is 29.0 Å². The zero-order valence-electron chi connectivity index (χ0n) is 13.5. The number of ether oxygens (including phenoxy) is 2. The molecule has 1 atom stereocenters. The summed E-state index contributed by atoms with van der Waals surface area (Å²) in [5, 5.41) is 0. The molecule has 25 heavy (non-hydrogen) atoms. The van der Waals surface area contributed by atoms with Crippen molar-refractivity contribution in [1.29, 1.82) is 0 Å². The molecule has 0 amide bonds. The minimum Gasteiger partial charge on any atom is -0.425 e. The summed E-state index contributed by atoms with van der Waals surface area (Å²) in [5.74, 6) is -2.45. The van der Waals surface area contributed by atoms with Crippen molar-refractivity contribution in [2.24, 2.45) is 0 Å². The topological polar surface area (TPSA) is 52.6 Å². The van der Waals surface area contributed by atoms with Crippen LogP contribution in [-0.4, -0.2) is 11.9 Å². The molecule has 1 aliphatic rings. The van der Waals surface area contributed by atoms with Gasteiger partial charge in [-0.3, -0.25) is 4.79 Å². The van der Waals surface area contributed by atoms with E-state index in [9.17, 15) is 9.59 Å². The zero-order chi connectivity index (χ0) is 17.0. The molecule has 0 saturated heterocycles. The first-order valence-electron chi connectivity index (χ1n) is 7.55. The van der Waals surface area contributed by atoms with Crippen LogP contribution in [0.5, 0.6) is 0 Å². The van der Waals surface area contributed by atoms with Gasteiger partial charge in [-0.1, -0.05) is 23.8 Å². The molecule has 0 bridgehead atoms. The Kier molecular flexibility index (Phi) is 5.97. The van der Waals surface area contributed by atoms with Gasteiger partial charge in [0.15, 0.2) is 0 Å². The third-order valence-corrected chi connectivity index (χ3v) is 3.62. The van der Waals surface area contributed by atoms with Crippen LogP contribution >= 0.6 is 0 Å². The van der Waals surface area contributed by atoms with E-state index in [1.165, 1.54) is 6.92 Å². The van der Waals surface area contributed by atoms with Crippen molar-refractivity contribution in [3.8, 4) is 0 Å². The van der Waals surface area contributed by atoms with Gasteiger partial charge in [-0.05, 0) is 6.07 Å². The second-order valence-corrected chi connectivity index (χ2v) is 5.28. The number of cyclic esters (lactones) is 1. The number of fused-ring (bicyclic) bond motifs is 1. The van der Waals surface area contributed by atoms with Crippen molar-refractivity contribution in [3.63, 3.8) is 0 Å². The van der Waals surface area contributed by atoms with Crippen molar-refractivity contribution in [1.82, 2.24) is 0 Å². The van der Waals surface area contributed by atoms with Crippen LogP contribution < -0.4 is 0 Å². The molecular formula is C20H16FeO4. The maximum atomic E-state index is 11.9. The van der Waals surface area contributed by atoms with Gasteiger partial charge in [0, 0.05) is 12.5 Å². The van der Waals surface area contributed by atoms with Gasteiger partial charge in [-0.15, -0.1) is 0 Å². The van der Waals surface area contributed by atoms with Gasteiger partial charge in [-0.2, -0.15) is 30.3 Å². The van der Waals surface area contributed by atoms with Crippen LogP contribution in [0.4, 0.5) is 0 Å². The summed E-state index contributed by atoms with van der Waals surface area (Å²) < 4.78 is 10.8. The van der Waals surface area contributed by atoms with E-state index in [4.69, 9.17) is 9.47 Å².